The molecule has 1 aliphatic carbocycles. The van der Waals surface area contributed by atoms with Crippen molar-refractivity contribution in [3.05, 3.63) is 12.2 Å². The van der Waals surface area contributed by atoms with E-state index in [1.165, 1.54) is 0 Å². The highest BCUT2D eigenvalue weighted by molar-refractivity contribution is 5.68. The molecule has 0 saturated heterocycles. The highest BCUT2D eigenvalue weighted by Crippen LogP contribution is 2.43. The summed E-state index contributed by atoms with van der Waals surface area (Å²) >= 11 is 0. The molecule has 0 heterocycles. The molecule has 1 saturated carbocycles. The Labute approximate surface area is 132 Å². The molecule has 0 bridgehead atoms. The lowest BCUT2D eigenvalue weighted by Gasteiger charge is -2.20. The average Bonchev–Trinajstić information content (AvgIpc) is 2.89. The third-order valence-corrected chi connectivity index (χ3v) is 3.06. The van der Waals surface area contributed by atoms with Crippen LogP contribution in [0.25, 0.3) is 0 Å². The number of hydrogen-bond donors (Lipinski definition) is 2. The summed E-state index contributed by atoms with van der Waals surface area (Å²) in [6, 6.07) is 0. The molecule has 0 aliphatic heterocycles. The first kappa shape index (κ1) is 18.3. The molecular formula is C16H28N2O4. The largest absolute Gasteiger partial charge is 0.444 e. The molecule has 0 aromatic heterocycles. The molecule has 0 aromatic rings. The normalized spacial score (nSPS) is 21.1. The van der Waals surface area contributed by atoms with Crippen LogP contribution in [0.3, 0.4) is 0 Å². The molecule has 6 heteroatoms. The third kappa shape index (κ3) is 6.83. The number of carbonyl (C=O) groups excluding carboxylic acids is 2. The standard InChI is InChI=1S/C16H28N2O4/c1-10-11(8-17-13(19)21-15(2,3)4)12(10)9-18-14(20)22-16(5,6)7/h11-12H,1,8-9H2,2-7H3,(H,17,19)(H,18,20)/t11-,12-/m0/s1. The van der Waals surface area contributed by atoms with Crippen LogP contribution >= 0.6 is 0 Å². The monoisotopic (exact) mass is 312 g/mol. The minimum atomic E-state index is -0.512. The maximum Gasteiger partial charge on any atom is 0.407 e. The van der Waals surface area contributed by atoms with Crippen LogP contribution in [0, 0.1) is 11.8 Å². The fourth-order valence-corrected chi connectivity index (χ4v) is 2.01. The Bertz CT molecular complexity index is 406. The number of hydrogen-bond acceptors (Lipinski definition) is 4. The summed E-state index contributed by atoms with van der Waals surface area (Å²) in [6.45, 7) is 15.8. The van der Waals surface area contributed by atoms with E-state index >= 15 is 0 Å². The van der Waals surface area contributed by atoms with Gasteiger partial charge in [-0.25, -0.2) is 9.59 Å². The van der Waals surface area contributed by atoms with Gasteiger partial charge in [-0.3, -0.25) is 0 Å². The van der Waals surface area contributed by atoms with Gasteiger partial charge in [0.25, 0.3) is 0 Å². The van der Waals surface area contributed by atoms with Gasteiger partial charge in [-0.05, 0) is 41.5 Å². The zero-order valence-electron chi connectivity index (χ0n) is 14.4. The van der Waals surface area contributed by atoms with E-state index in [2.05, 4.69) is 17.2 Å². The van der Waals surface area contributed by atoms with E-state index in [9.17, 15) is 9.59 Å². The van der Waals surface area contributed by atoms with Crippen LogP contribution < -0.4 is 10.6 Å². The first-order chi connectivity index (χ1) is 9.89. The Kier molecular flexibility index (Phi) is 5.49. The topological polar surface area (TPSA) is 76.7 Å². The van der Waals surface area contributed by atoms with Gasteiger partial charge in [0.2, 0.25) is 0 Å². The quantitative estimate of drug-likeness (QED) is 0.783. The van der Waals surface area contributed by atoms with Crippen molar-refractivity contribution < 1.29 is 19.1 Å². The maximum absolute atomic E-state index is 11.6. The van der Waals surface area contributed by atoms with E-state index in [0.29, 0.717) is 13.1 Å². The van der Waals surface area contributed by atoms with Gasteiger partial charge in [0.1, 0.15) is 11.2 Å². The average molecular weight is 312 g/mol. The molecule has 0 spiro atoms. The lowest BCUT2D eigenvalue weighted by atomic mass is 10.2. The van der Waals surface area contributed by atoms with Gasteiger partial charge < -0.3 is 20.1 Å². The van der Waals surface area contributed by atoms with E-state index in [1.807, 2.05) is 41.5 Å². The summed E-state index contributed by atoms with van der Waals surface area (Å²) in [5.41, 5.74) is -0.00271. The van der Waals surface area contributed by atoms with Crippen molar-refractivity contribution in [3.8, 4) is 0 Å². The summed E-state index contributed by atoms with van der Waals surface area (Å²) in [5, 5.41) is 5.44. The van der Waals surface area contributed by atoms with Crippen LogP contribution in [-0.4, -0.2) is 36.5 Å². The Morgan fingerprint density at radius 2 is 1.23 bits per heavy atom. The van der Waals surface area contributed by atoms with Crippen LogP contribution in [0.15, 0.2) is 12.2 Å². The molecular weight excluding hydrogens is 284 g/mol. The van der Waals surface area contributed by atoms with Crippen molar-refractivity contribution >= 4 is 12.2 Å². The van der Waals surface area contributed by atoms with Crippen molar-refractivity contribution in [1.29, 1.82) is 0 Å². The van der Waals surface area contributed by atoms with Gasteiger partial charge in [-0.2, -0.15) is 0 Å². The second-order valence-corrected chi connectivity index (χ2v) is 7.55. The number of nitrogens with one attached hydrogen (secondary N) is 2. The van der Waals surface area contributed by atoms with Crippen molar-refractivity contribution in [1.82, 2.24) is 10.6 Å². The third-order valence-electron chi connectivity index (χ3n) is 3.06. The molecule has 126 valence electrons. The van der Waals surface area contributed by atoms with Crippen LogP contribution in [0.5, 0.6) is 0 Å². The van der Waals surface area contributed by atoms with Crippen molar-refractivity contribution in [3.63, 3.8) is 0 Å². The van der Waals surface area contributed by atoms with Gasteiger partial charge >= 0.3 is 12.2 Å². The molecule has 2 atom stereocenters. The smallest absolute Gasteiger partial charge is 0.407 e. The Morgan fingerprint density at radius 1 is 0.909 bits per heavy atom. The zero-order chi connectivity index (χ0) is 17.1. The predicted octanol–water partition coefficient (Wildman–Crippen LogP) is 2.84. The van der Waals surface area contributed by atoms with Gasteiger partial charge in [-0.15, -0.1) is 0 Å². The molecule has 6 nitrogen and oxygen atoms in total. The minimum Gasteiger partial charge on any atom is -0.444 e. The SMILES string of the molecule is C=C1[C@H](CNC(=O)OC(C)(C)C)[C@H]1CNC(=O)OC(C)(C)C. The van der Waals surface area contributed by atoms with Crippen LogP contribution in [0.4, 0.5) is 9.59 Å². The number of alkyl carbamates (subject to hydrolysis) is 2. The number of amides is 2. The Hall–Kier alpha value is -1.72. The van der Waals surface area contributed by atoms with Gasteiger partial charge in [-0.1, -0.05) is 12.2 Å². The van der Waals surface area contributed by atoms with Crippen LogP contribution in [0.2, 0.25) is 0 Å². The summed E-state index contributed by atoms with van der Waals surface area (Å²) in [5.74, 6) is 0.338. The molecule has 2 N–H and O–H groups in total. The predicted molar refractivity (Wildman–Crippen MR) is 84.6 cm³/mol. The van der Waals surface area contributed by atoms with Crippen molar-refractivity contribution in [2.24, 2.45) is 11.8 Å². The molecule has 0 aromatic carbocycles. The first-order valence-corrected chi connectivity index (χ1v) is 7.51. The second kappa shape index (κ2) is 6.58. The highest BCUT2D eigenvalue weighted by Gasteiger charge is 2.42. The molecule has 1 rings (SSSR count). The molecule has 0 unspecified atom stereocenters. The van der Waals surface area contributed by atoms with E-state index in [4.69, 9.17) is 9.47 Å². The van der Waals surface area contributed by atoms with Gasteiger partial charge in [0, 0.05) is 24.9 Å². The van der Waals surface area contributed by atoms with Gasteiger partial charge in [0.15, 0.2) is 0 Å². The fourth-order valence-electron chi connectivity index (χ4n) is 2.01. The lowest BCUT2D eigenvalue weighted by Crippen LogP contribution is -2.35. The van der Waals surface area contributed by atoms with E-state index < -0.39 is 23.4 Å². The Morgan fingerprint density at radius 3 is 1.50 bits per heavy atom. The van der Waals surface area contributed by atoms with E-state index in [1.54, 1.807) is 0 Å². The number of ether oxygens (including phenoxy) is 2. The second-order valence-electron chi connectivity index (χ2n) is 7.55. The number of rotatable bonds is 4. The van der Waals surface area contributed by atoms with E-state index in [-0.39, 0.29) is 11.8 Å². The minimum absolute atomic E-state index is 0.169. The first-order valence-electron chi connectivity index (χ1n) is 7.51. The summed E-state index contributed by atoms with van der Waals surface area (Å²) < 4.78 is 10.3. The van der Waals surface area contributed by atoms with Gasteiger partial charge in [0.05, 0.1) is 0 Å². The maximum atomic E-state index is 11.6. The zero-order valence-corrected chi connectivity index (χ0v) is 14.4. The molecule has 2 amide bonds. The summed E-state index contributed by atoms with van der Waals surface area (Å²) in [6.07, 6.45) is -0.878. The van der Waals surface area contributed by atoms with Crippen LogP contribution in [-0.2, 0) is 9.47 Å². The molecule has 1 aliphatic rings. The molecule has 22 heavy (non-hydrogen) atoms. The van der Waals surface area contributed by atoms with E-state index in [0.717, 1.165) is 5.57 Å². The summed E-state index contributed by atoms with van der Waals surface area (Å²) in [4.78, 5) is 23.1. The molecule has 1 fully saturated rings. The number of carbonyl (C=O) groups is 2. The molecule has 0 radical (unpaired) electrons. The fraction of sp³-hybridized carbons (Fsp3) is 0.750. The lowest BCUT2D eigenvalue weighted by molar-refractivity contribution is 0.0506. The highest BCUT2D eigenvalue weighted by atomic mass is 16.6. The summed E-state index contributed by atoms with van der Waals surface area (Å²) in [7, 11) is 0. The van der Waals surface area contributed by atoms with Crippen molar-refractivity contribution in [2.75, 3.05) is 13.1 Å². The van der Waals surface area contributed by atoms with Crippen LogP contribution in [0.1, 0.15) is 41.5 Å². The Balaban J connectivity index is 2.26. The van der Waals surface area contributed by atoms with Crippen molar-refractivity contribution in [2.45, 2.75) is 52.7 Å².